The fraction of sp³-hybridized carbons (Fsp3) is 0.294. The fourth-order valence-corrected chi connectivity index (χ4v) is 4.31. The summed E-state index contributed by atoms with van der Waals surface area (Å²) in [6.45, 7) is 0. The Kier molecular flexibility index (Phi) is 4.45. The van der Waals surface area contributed by atoms with Gasteiger partial charge in [0.05, 0.1) is 26.8 Å². The number of halogens is 5. The summed E-state index contributed by atoms with van der Waals surface area (Å²) in [5.74, 6) is -1.33. The minimum atomic E-state index is -0.701. The zero-order chi connectivity index (χ0) is 18.6. The average Bonchev–Trinajstić information content (AvgIpc) is 2.89. The van der Waals surface area contributed by atoms with E-state index in [1.165, 1.54) is 17.2 Å². The van der Waals surface area contributed by atoms with Crippen LogP contribution in [-0.2, 0) is 6.42 Å². The topological polar surface area (TPSA) is 45.2 Å². The van der Waals surface area contributed by atoms with Gasteiger partial charge in [-0.2, -0.15) is 4.39 Å². The molecule has 2 aliphatic heterocycles. The predicted molar refractivity (Wildman–Crippen MR) is 95.9 cm³/mol. The number of urea groups is 1. The Morgan fingerprint density at radius 2 is 1.88 bits per heavy atom. The van der Waals surface area contributed by atoms with Gasteiger partial charge in [-0.1, -0.05) is 34.8 Å². The van der Waals surface area contributed by atoms with Gasteiger partial charge >= 0.3 is 6.03 Å². The maximum atomic E-state index is 14.3. The van der Waals surface area contributed by atoms with Gasteiger partial charge in [-0.3, -0.25) is 0 Å². The molecule has 1 saturated heterocycles. The second-order valence-corrected chi connectivity index (χ2v) is 7.55. The predicted octanol–water partition coefficient (Wildman–Crippen LogP) is 5.61. The van der Waals surface area contributed by atoms with Gasteiger partial charge in [0.25, 0.3) is 0 Å². The molecule has 4 nitrogen and oxygen atoms in total. The van der Waals surface area contributed by atoms with E-state index in [1.54, 1.807) is 0 Å². The van der Waals surface area contributed by atoms with Crippen molar-refractivity contribution >= 4 is 46.5 Å². The highest BCUT2D eigenvalue weighted by Crippen LogP contribution is 2.46. The first-order valence-corrected chi connectivity index (χ1v) is 9.07. The van der Waals surface area contributed by atoms with Crippen molar-refractivity contribution in [2.75, 3.05) is 5.32 Å². The molecule has 1 fully saturated rings. The van der Waals surface area contributed by atoms with Crippen molar-refractivity contribution in [3.8, 4) is 0 Å². The molecule has 2 amide bonds. The number of anilines is 1. The first-order valence-electron chi connectivity index (χ1n) is 7.93. The van der Waals surface area contributed by atoms with Crippen molar-refractivity contribution in [2.45, 2.75) is 31.3 Å². The van der Waals surface area contributed by atoms with Crippen molar-refractivity contribution in [3.05, 3.63) is 56.3 Å². The zero-order valence-electron chi connectivity index (χ0n) is 13.2. The average molecular weight is 419 g/mol. The number of fused-ring (bicyclic) bond motifs is 4. The minimum absolute atomic E-state index is 0.0527. The summed E-state index contributed by atoms with van der Waals surface area (Å²) in [6, 6.07) is 1.12. The Hall–Kier alpha value is -1.63. The molecular weight excluding hydrogens is 407 g/mol. The van der Waals surface area contributed by atoms with Gasteiger partial charge in [-0.05, 0) is 37.0 Å². The summed E-state index contributed by atoms with van der Waals surface area (Å²) in [7, 11) is 0. The summed E-state index contributed by atoms with van der Waals surface area (Å²) < 4.78 is 28.4. The van der Waals surface area contributed by atoms with E-state index < -0.39 is 23.8 Å². The SMILES string of the molecule is O=C(Nc1cc(Cl)c(Cl)cc1F)N1[C@H]2CC[C@@H]1c1c(F)ncc(Cl)c1C2. The Morgan fingerprint density at radius 3 is 2.65 bits per heavy atom. The molecule has 2 aliphatic rings. The molecule has 1 N–H and O–H groups in total. The standard InChI is InChI=1S/C17H12Cl3F2N3O/c18-9-4-12(21)13(5-10(9)19)24-17(26)25-7-1-2-14(25)15-8(3-7)11(20)6-23-16(15)22/h4-7,14H,1-3H2,(H,24,26)/t7-,14+/m0/s1. The van der Waals surface area contributed by atoms with Crippen LogP contribution in [0.25, 0.3) is 0 Å². The first kappa shape index (κ1) is 17.8. The molecule has 0 radical (unpaired) electrons. The highest BCUT2D eigenvalue weighted by atomic mass is 35.5. The second kappa shape index (κ2) is 6.51. The van der Waals surface area contributed by atoms with E-state index in [0.717, 1.165) is 6.07 Å². The van der Waals surface area contributed by atoms with Crippen molar-refractivity contribution in [3.63, 3.8) is 0 Å². The lowest BCUT2D eigenvalue weighted by Gasteiger charge is -2.36. The summed E-state index contributed by atoms with van der Waals surface area (Å²) in [5.41, 5.74) is 0.951. The molecule has 9 heteroatoms. The van der Waals surface area contributed by atoms with E-state index in [4.69, 9.17) is 34.8 Å². The van der Waals surface area contributed by atoms with Crippen LogP contribution in [0.1, 0.15) is 30.0 Å². The third kappa shape index (κ3) is 2.80. The third-order valence-electron chi connectivity index (χ3n) is 4.89. The van der Waals surface area contributed by atoms with Gasteiger partial charge in [-0.25, -0.2) is 14.2 Å². The first-order chi connectivity index (χ1) is 12.4. The van der Waals surface area contributed by atoms with Crippen LogP contribution in [-0.4, -0.2) is 22.0 Å². The number of hydrogen-bond donors (Lipinski definition) is 1. The molecule has 2 bridgehead atoms. The van der Waals surface area contributed by atoms with Crippen molar-refractivity contribution < 1.29 is 13.6 Å². The number of nitrogens with zero attached hydrogens (tertiary/aromatic N) is 2. The number of nitrogens with one attached hydrogen (secondary N) is 1. The lowest BCUT2D eigenvalue weighted by Crippen LogP contribution is -2.44. The van der Waals surface area contributed by atoms with Crippen LogP contribution in [0.3, 0.4) is 0 Å². The number of amides is 2. The van der Waals surface area contributed by atoms with E-state index in [0.29, 0.717) is 35.4 Å². The number of benzene rings is 1. The molecule has 0 saturated carbocycles. The molecule has 2 aromatic rings. The molecule has 136 valence electrons. The number of rotatable bonds is 1. The molecule has 2 atom stereocenters. The Labute approximate surface area is 163 Å². The Balaban J connectivity index is 1.66. The normalized spacial score (nSPS) is 20.9. The van der Waals surface area contributed by atoms with Crippen molar-refractivity contribution in [2.24, 2.45) is 0 Å². The van der Waals surface area contributed by atoms with Crippen LogP contribution >= 0.6 is 34.8 Å². The number of carbonyl (C=O) groups excluding carboxylic acids is 1. The van der Waals surface area contributed by atoms with Crippen LogP contribution in [0.4, 0.5) is 19.3 Å². The van der Waals surface area contributed by atoms with Crippen LogP contribution < -0.4 is 5.32 Å². The van der Waals surface area contributed by atoms with Crippen LogP contribution in [0, 0.1) is 11.8 Å². The highest BCUT2D eigenvalue weighted by Gasteiger charge is 2.45. The maximum Gasteiger partial charge on any atom is 0.322 e. The maximum absolute atomic E-state index is 14.3. The Morgan fingerprint density at radius 1 is 1.15 bits per heavy atom. The Bertz CT molecular complexity index is 925. The monoisotopic (exact) mass is 417 g/mol. The molecule has 0 unspecified atom stereocenters. The van der Waals surface area contributed by atoms with Crippen LogP contribution in [0.15, 0.2) is 18.3 Å². The van der Waals surface area contributed by atoms with E-state index >= 15 is 0 Å². The van der Waals surface area contributed by atoms with E-state index in [-0.39, 0.29) is 21.8 Å². The third-order valence-corrected chi connectivity index (χ3v) is 5.94. The summed E-state index contributed by atoms with van der Waals surface area (Å²) in [6.07, 6.45) is 3.01. The van der Waals surface area contributed by atoms with E-state index in [2.05, 4.69) is 10.3 Å². The number of carbonyl (C=O) groups is 1. The van der Waals surface area contributed by atoms with Gasteiger partial charge in [0.15, 0.2) is 0 Å². The molecule has 0 aliphatic carbocycles. The van der Waals surface area contributed by atoms with Crippen LogP contribution in [0.2, 0.25) is 15.1 Å². The van der Waals surface area contributed by atoms with Gasteiger partial charge in [0.1, 0.15) is 5.82 Å². The summed E-state index contributed by atoms with van der Waals surface area (Å²) in [4.78, 5) is 18.0. The van der Waals surface area contributed by atoms with Gasteiger partial charge in [-0.15, -0.1) is 0 Å². The van der Waals surface area contributed by atoms with Crippen LogP contribution in [0.5, 0.6) is 0 Å². The largest absolute Gasteiger partial charge is 0.322 e. The van der Waals surface area contributed by atoms with E-state index in [1.807, 2.05) is 0 Å². The smallest absolute Gasteiger partial charge is 0.314 e. The molecular formula is C17H12Cl3F2N3O. The van der Waals surface area contributed by atoms with Gasteiger partial charge in [0, 0.05) is 17.8 Å². The van der Waals surface area contributed by atoms with Crippen molar-refractivity contribution in [1.82, 2.24) is 9.88 Å². The molecule has 1 aromatic heterocycles. The molecule has 1 aromatic carbocycles. The highest BCUT2D eigenvalue weighted by molar-refractivity contribution is 6.42. The molecule has 26 heavy (non-hydrogen) atoms. The quantitative estimate of drug-likeness (QED) is 0.483. The fourth-order valence-electron chi connectivity index (χ4n) is 3.77. The number of aromatic nitrogens is 1. The van der Waals surface area contributed by atoms with Crippen molar-refractivity contribution in [1.29, 1.82) is 0 Å². The molecule has 4 rings (SSSR count). The second-order valence-electron chi connectivity index (χ2n) is 6.32. The van der Waals surface area contributed by atoms with Gasteiger partial charge in [0.2, 0.25) is 5.95 Å². The molecule has 0 spiro atoms. The lowest BCUT2D eigenvalue weighted by atomic mass is 9.95. The summed E-state index contributed by atoms with van der Waals surface area (Å²) >= 11 is 17.8. The van der Waals surface area contributed by atoms with Gasteiger partial charge < -0.3 is 10.2 Å². The zero-order valence-corrected chi connectivity index (χ0v) is 15.5. The van der Waals surface area contributed by atoms with E-state index in [9.17, 15) is 13.6 Å². The number of pyridine rings is 1. The lowest BCUT2D eigenvalue weighted by molar-refractivity contribution is 0.177. The minimum Gasteiger partial charge on any atom is -0.314 e. The molecule has 3 heterocycles. The summed E-state index contributed by atoms with van der Waals surface area (Å²) in [5, 5.41) is 3.08. The number of hydrogen-bond acceptors (Lipinski definition) is 2.